The SMILES string of the molecule is CCOC(=O)C1=C(CSc2nnnn2Cc2cccs2)NC(=O)NC1c1ccccc1. The smallest absolute Gasteiger partial charge is 0.338 e. The molecule has 1 atom stereocenters. The number of esters is 1. The molecule has 0 aliphatic carbocycles. The van der Waals surface area contributed by atoms with Gasteiger partial charge in [-0.3, -0.25) is 0 Å². The Kier molecular flexibility index (Phi) is 6.63. The van der Waals surface area contributed by atoms with E-state index in [1.54, 1.807) is 22.9 Å². The summed E-state index contributed by atoms with van der Waals surface area (Å²) in [7, 11) is 0. The van der Waals surface area contributed by atoms with Crippen molar-refractivity contribution in [2.75, 3.05) is 12.4 Å². The Morgan fingerprint density at radius 2 is 2.10 bits per heavy atom. The van der Waals surface area contributed by atoms with Gasteiger partial charge in [0.05, 0.1) is 24.8 Å². The van der Waals surface area contributed by atoms with E-state index in [1.807, 2.05) is 47.8 Å². The number of urea groups is 1. The Balaban J connectivity index is 1.61. The van der Waals surface area contributed by atoms with Crippen molar-refractivity contribution in [2.24, 2.45) is 0 Å². The highest BCUT2D eigenvalue weighted by molar-refractivity contribution is 7.99. The molecule has 0 fully saturated rings. The molecule has 0 radical (unpaired) electrons. The van der Waals surface area contributed by atoms with E-state index in [0.717, 1.165) is 10.4 Å². The van der Waals surface area contributed by atoms with Gasteiger partial charge in [0, 0.05) is 16.3 Å². The summed E-state index contributed by atoms with van der Waals surface area (Å²) in [6, 6.07) is 12.3. The lowest BCUT2D eigenvalue weighted by molar-refractivity contribution is -0.139. The monoisotopic (exact) mass is 456 g/mol. The number of thioether (sulfide) groups is 1. The van der Waals surface area contributed by atoms with Crippen LogP contribution in [0, 0.1) is 0 Å². The van der Waals surface area contributed by atoms with Crippen LogP contribution in [0.4, 0.5) is 4.79 Å². The lowest BCUT2D eigenvalue weighted by Crippen LogP contribution is -2.46. The second-order valence-corrected chi connectivity index (χ2v) is 8.52. The largest absolute Gasteiger partial charge is 0.463 e. The summed E-state index contributed by atoms with van der Waals surface area (Å²) < 4.78 is 6.98. The van der Waals surface area contributed by atoms with E-state index in [-0.39, 0.29) is 12.6 Å². The van der Waals surface area contributed by atoms with Gasteiger partial charge in [0.25, 0.3) is 0 Å². The first-order valence-electron chi connectivity index (χ1n) is 9.59. The summed E-state index contributed by atoms with van der Waals surface area (Å²) >= 11 is 2.97. The Labute approximate surface area is 186 Å². The van der Waals surface area contributed by atoms with Gasteiger partial charge in [0.1, 0.15) is 0 Å². The molecule has 31 heavy (non-hydrogen) atoms. The molecule has 0 saturated carbocycles. The molecular weight excluding hydrogens is 436 g/mol. The summed E-state index contributed by atoms with van der Waals surface area (Å²) in [6.45, 7) is 2.53. The first-order valence-corrected chi connectivity index (χ1v) is 11.5. The summed E-state index contributed by atoms with van der Waals surface area (Å²) in [6.07, 6.45) is 0. The molecule has 0 bridgehead atoms. The van der Waals surface area contributed by atoms with E-state index in [0.29, 0.717) is 28.7 Å². The molecule has 11 heteroatoms. The van der Waals surface area contributed by atoms with Crippen LogP contribution in [0.15, 0.2) is 64.3 Å². The molecule has 3 heterocycles. The molecule has 1 unspecified atom stereocenters. The van der Waals surface area contributed by atoms with E-state index in [9.17, 15) is 9.59 Å². The molecule has 9 nitrogen and oxygen atoms in total. The molecule has 4 rings (SSSR count). The Bertz CT molecular complexity index is 1080. The van der Waals surface area contributed by atoms with Gasteiger partial charge in [-0.1, -0.05) is 48.2 Å². The average molecular weight is 457 g/mol. The van der Waals surface area contributed by atoms with E-state index < -0.39 is 12.0 Å². The van der Waals surface area contributed by atoms with Crippen molar-refractivity contribution in [2.45, 2.75) is 24.7 Å². The maximum absolute atomic E-state index is 12.8. The van der Waals surface area contributed by atoms with Crippen molar-refractivity contribution in [3.63, 3.8) is 0 Å². The van der Waals surface area contributed by atoms with Gasteiger partial charge >= 0.3 is 12.0 Å². The molecule has 1 aliphatic rings. The van der Waals surface area contributed by atoms with Gasteiger partial charge in [0.2, 0.25) is 5.16 Å². The maximum atomic E-state index is 12.8. The molecule has 1 aromatic carbocycles. The van der Waals surface area contributed by atoms with Crippen molar-refractivity contribution in [1.82, 2.24) is 30.8 Å². The minimum absolute atomic E-state index is 0.233. The first-order chi connectivity index (χ1) is 15.2. The predicted molar refractivity (Wildman–Crippen MR) is 116 cm³/mol. The number of tetrazole rings is 1. The molecule has 160 valence electrons. The number of hydrogen-bond donors (Lipinski definition) is 2. The predicted octanol–water partition coefficient (Wildman–Crippen LogP) is 2.75. The number of ether oxygens (including phenoxy) is 1. The van der Waals surface area contributed by atoms with Gasteiger partial charge in [0.15, 0.2) is 0 Å². The van der Waals surface area contributed by atoms with E-state index in [2.05, 4.69) is 26.2 Å². The molecule has 2 aromatic heterocycles. The van der Waals surface area contributed by atoms with Crippen molar-refractivity contribution in [3.05, 3.63) is 69.6 Å². The zero-order valence-electron chi connectivity index (χ0n) is 16.6. The zero-order chi connectivity index (χ0) is 21.6. The highest BCUT2D eigenvalue weighted by atomic mass is 32.2. The van der Waals surface area contributed by atoms with Crippen molar-refractivity contribution < 1.29 is 14.3 Å². The van der Waals surface area contributed by atoms with Crippen LogP contribution in [-0.4, -0.2) is 44.6 Å². The molecule has 2 N–H and O–H groups in total. The third-order valence-electron chi connectivity index (χ3n) is 4.51. The van der Waals surface area contributed by atoms with Crippen LogP contribution in [0.5, 0.6) is 0 Å². The molecule has 0 spiro atoms. The van der Waals surface area contributed by atoms with Gasteiger partial charge in [-0.2, -0.15) is 0 Å². The molecule has 1 aliphatic heterocycles. The minimum Gasteiger partial charge on any atom is -0.463 e. The topological polar surface area (TPSA) is 111 Å². The Morgan fingerprint density at radius 3 is 2.84 bits per heavy atom. The lowest BCUT2D eigenvalue weighted by atomic mass is 9.95. The van der Waals surface area contributed by atoms with E-state index in [4.69, 9.17) is 4.74 Å². The van der Waals surface area contributed by atoms with Gasteiger partial charge in [-0.15, -0.1) is 16.4 Å². The average Bonchev–Trinajstić information content (AvgIpc) is 3.45. The fourth-order valence-corrected chi connectivity index (χ4v) is 4.69. The Hall–Kier alpha value is -3.18. The number of carbonyl (C=O) groups is 2. The summed E-state index contributed by atoms with van der Waals surface area (Å²) in [4.78, 5) is 26.3. The standard InChI is InChI=1S/C20H20N6O3S2/c1-2-29-18(27)16-15(21-19(28)22-17(16)13-7-4-3-5-8-13)12-31-20-23-24-25-26(20)11-14-9-6-10-30-14/h3-10,17H,2,11-12H2,1H3,(H2,21,22,28). The first kappa shape index (κ1) is 21.1. The summed E-state index contributed by atoms with van der Waals surface area (Å²) in [5.41, 5.74) is 1.65. The van der Waals surface area contributed by atoms with Crippen LogP contribution in [0.2, 0.25) is 0 Å². The van der Waals surface area contributed by atoms with Gasteiger partial charge < -0.3 is 15.4 Å². The highest BCUT2D eigenvalue weighted by Gasteiger charge is 2.33. The van der Waals surface area contributed by atoms with Crippen LogP contribution in [-0.2, 0) is 16.1 Å². The summed E-state index contributed by atoms with van der Waals surface area (Å²) in [5, 5.41) is 20.1. The number of nitrogens with zero attached hydrogens (tertiary/aromatic N) is 4. The minimum atomic E-state index is -0.605. The third kappa shape index (κ3) is 4.94. The number of hydrogen-bond acceptors (Lipinski definition) is 8. The number of aromatic nitrogens is 4. The third-order valence-corrected chi connectivity index (χ3v) is 6.36. The number of benzene rings is 1. The number of rotatable bonds is 8. The lowest BCUT2D eigenvalue weighted by Gasteiger charge is -2.29. The van der Waals surface area contributed by atoms with Crippen LogP contribution in [0.1, 0.15) is 23.4 Å². The molecular formula is C20H20N6O3S2. The Morgan fingerprint density at radius 1 is 1.26 bits per heavy atom. The number of amides is 2. The van der Waals surface area contributed by atoms with Gasteiger partial charge in [-0.25, -0.2) is 14.3 Å². The molecule has 3 aromatic rings. The fourth-order valence-electron chi connectivity index (χ4n) is 3.16. The van der Waals surface area contributed by atoms with Crippen LogP contribution in [0.3, 0.4) is 0 Å². The van der Waals surface area contributed by atoms with Crippen molar-refractivity contribution in [1.29, 1.82) is 0 Å². The quantitative estimate of drug-likeness (QED) is 0.396. The maximum Gasteiger partial charge on any atom is 0.338 e. The molecule has 0 saturated heterocycles. The van der Waals surface area contributed by atoms with Crippen LogP contribution in [0.25, 0.3) is 0 Å². The number of thiophene rings is 1. The van der Waals surface area contributed by atoms with Crippen LogP contribution < -0.4 is 10.6 Å². The van der Waals surface area contributed by atoms with E-state index in [1.165, 1.54) is 11.8 Å². The normalized spacial score (nSPS) is 16.0. The number of nitrogens with one attached hydrogen (secondary N) is 2. The fraction of sp³-hybridized carbons (Fsp3) is 0.250. The second-order valence-electron chi connectivity index (χ2n) is 6.54. The highest BCUT2D eigenvalue weighted by Crippen LogP contribution is 2.30. The second kappa shape index (κ2) is 9.75. The van der Waals surface area contributed by atoms with Gasteiger partial charge in [-0.05, 0) is 34.4 Å². The van der Waals surface area contributed by atoms with Crippen molar-refractivity contribution >= 4 is 35.1 Å². The van der Waals surface area contributed by atoms with Crippen molar-refractivity contribution in [3.8, 4) is 0 Å². The zero-order valence-corrected chi connectivity index (χ0v) is 18.3. The molecule has 2 amide bonds. The summed E-state index contributed by atoms with van der Waals surface area (Å²) in [5.74, 6) is -0.173. The number of carbonyl (C=O) groups excluding carboxylic acids is 2. The van der Waals surface area contributed by atoms with Crippen LogP contribution >= 0.6 is 23.1 Å². The van der Waals surface area contributed by atoms with E-state index >= 15 is 0 Å².